The molecule has 2 aromatic rings. The molecule has 0 heterocycles. The number of carbonyl (C=O) groups excluding carboxylic acids is 2. The van der Waals surface area contributed by atoms with E-state index in [4.69, 9.17) is 16.4 Å². The van der Waals surface area contributed by atoms with E-state index in [1.165, 1.54) is 0 Å². The molecule has 0 aromatic heterocycles. The van der Waals surface area contributed by atoms with E-state index in [2.05, 4.69) is 10.8 Å². The van der Waals surface area contributed by atoms with E-state index in [0.717, 1.165) is 11.1 Å². The number of rotatable bonds is 6. The molecule has 0 unspecified atom stereocenters. The zero-order valence-corrected chi connectivity index (χ0v) is 15.2. The Balaban J connectivity index is 1.85. The Morgan fingerprint density at radius 1 is 1.12 bits per heavy atom. The number of aryl methyl sites for hydroxylation is 1. The van der Waals surface area contributed by atoms with Crippen molar-refractivity contribution in [1.29, 1.82) is 0 Å². The van der Waals surface area contributed by atoms with Gasteiger partial charge in [-0.2, -0.15) is 0 Å². The Hall–Kier alpha value is -2.37. The van der Waals surface area contributed by atoms with Crippen LogP contribution in [0.3, 0.4) is 0 Å². The van der Waals surface area contributed by atoms with Crippen LogP contribution in [0.4, 0.5) is 5.69 Å². The molecule has 0 saturated heterocycles. The molecular weight excluding hydrogens is 340 g/mol. The summed E-state index contributed by atoms with van der Waals surface area (Å²) in [5.74, 6) is -0.747. The minimum absolute atomic E-state index is 0.319. The summed E-state index contributed by atoms with van der Waals surface area (Å²) in [6.45, 7) is 5.16. The number of hydrogen-bond donors (Lipinski definition) is 2. The lowest BCUT2D eigenvalue weighted by molar-refractivity contribution is -0.141. The monoisotopic (exact) mass is 360 g/mol. The van der Waals surface area contributed by atoms with Gasteiger partial charge in [0, 0.05) is 0 Å². The molecule has 132 valence electrons. The van der Waals surface area contributed by atoms with Crippen LogP contribution in [-0.2, 0) is 19.8 Å². The van der Waals surface area contributed by atoms with Gasteiger partial charge in [0.05, 0.1) is 16.1 Å². The zero-order valence-electron chi connectivity index (χ0n) is 14.4. The van der Waals surface area contributed by atoms with Crippen LogP contribution in [0, 0.1) is 6.92 Å². The minimum atomic E-state index is -0.780. The van der Waals surface area contributed by atoms with Gasteiger partial charge in [-0.25, -0.2) is 5.48 Å². The van der Waals surface area contributed by atoms with Crippen molar-refractivity contribution in [3.63, 3.8) is 0 Å². The fraction of sp³-hybridized carbons (Fsp3) is 0.263. The van der Waals surface area contributed by atoms with Crippen LogP contribution in [0.2, 0.25) is 5.02 Å². The fourth-order valence-corrected chi connectivity index (χ4v) is 2.47. The van der Waals surface area contributed by atoms with Crippen LogP contribution in [0.15, 0.2) is 48.5 Å². The largest absolute Gasteiger partial charge is 0.323 e. The van der Waals surface area contributed by atoms with Crippen LogP contribution in [0.25, 0.3) is 0 Å². The maximum Gasteiger partial charge on any atom is 0.253 e. The van der Waals surface area contributed by atoms with E-state index in [1.807, 2.05) is 43.3 Å². The van der Waals surface area contributed by atoms with Crippen molar-refractivity contribution < 1.29 is 14.4 Å². The lowest BCUT2D eigenvalue weighted by Crippen LogP contribution is -2.41. The average molecular weight is 361 g/mol. The summed E-state index contributed by atoms with van der Waals surface area (Å²) in [7, 11) is 0. The highest BCUT2D eigenvalue weighted by molar-refractivity contribution is 6.33. The van der Waals surface area contributed by atoms with Crippen LogP contribution in [-0.4, -0.2) is 18.4 Å². The third-order valence-corrected chi connectivity index (χ3v) is 4.14. The van der Waals surface area contributed by atoms with Gasteiger partial charge in [-0.3, -0.25) is 14.4 Å². The zero-order chi connectivity index (χ0) is 18.4. The van der Waals surface area contributed by atoms with Crippen molar-refractivity contribution in [3.8, 4) is 0 Å². The summed E-state index contributed by atoms with van der Waals surface area (Å²) >= 11 is 6.06. The first-order chi connectivity index (χ1) is 11.8. The summed E-state index contributed by atoms with van der Waals surface area (Å²) < 4.78 is 0. The molecule has 0 aliphatic heterocycles. The van der Waals surface area contributed by atoms with Gasteiger partial charge in [-0.05, 0) is 44.0 Å². The summed E-state index contributed by atoms with van der Waals surface area (Å²) in [6, 6.07) is 14.7. The molecule has 0 atom stereocenters. The molecule has 2 amide bonds. The number of hydrogen-bond acceptors (Lipinski definition) is 3. The first kappa shape index (κ1) is 19.0. The molecule has 0 bridgehead atoms. The lowest BCUT2D eigenvalue weighted by Gasteiger charge is -2.23. The van der Waals surface area contributed by atoms with Gasteiger partial charge in [-0.1, -0.05) is 48.0 Å². The van der Waals surface area contributed by atoms with Gasteiger partial charge in [-0.15, -0.1) is 0 Å². The van der Waals surface area contributed by atoms with E-state index >= 15 is 0 Å². The van der Waals surface area contributed by atoms with Crippen LogP contribution in [0.1, 0.15) is 25.0 Å². The molecular formula is C19H21ClN2O3. The van der Waals surface area contributed by atoms with Gasteiger partial charge in [0.25, 0.3) is 11.8 Å². The number of carbonyl (C=O) groups is 2. The predicted octanol–water partition coefficient (Wildman–Crippen LogP) is 3.61. The second-order valence-electron chi connectivity index (χ2n) is 6.24. The van der Waals surface area contributed by atoms with E-state index in [1.54, 1.807) is 26.0 Å². The van der Waals surface area contributed by atoms with Gasteiger partial charge >= 0.3 is 0 Å². The predicted molar refractivity (Wildman–Crippen MR) is 98.4 cm³/mol. The molecule has 2 N–H and O–H groups in total. The standard InChI is InChI=1S/C19H21ClN2O3/c1-13-9-10-16(15(20)11-13)21-17(23)12-25-22-18(24)19(2,3)14-7-5-4-6-8-14/h4-11H,12H2,1-3H3,(H,21,23)(H,22,24). The van der Waals surface area contributed by atoms with Crippen LogP contribution < -0.4 is 10.8 Å². The summed E-state index contributed by atoms with van der Waals surface area (Å²) in [6.07, 6.45) is 0. The van der Waals surface area contributed by atoms with Crippen LogP contribution in [0.5, 0.6) is 0 Å². The molecule has 2 rings (SSSR count). The maximum atomic E-state index is 12.3. The average Bonchev–Trinajstić information content (AvgIpc) is 2.58. The minimum Gasteiger partial charge on any atom is -0.323 e. The molecule has 2 aromatic carbocycles. The first-order valence-corrected chi connectivity index (χ1v) is 8.22. The molecule has 25 heavy (non-hydrogen) atoms. The van der Waals surface area contributed by atoms with Gasteiger partial charge in [0.1, 0.15) is 0 Å². The SMILES string of the molecule is Cc1ccc(NC(=O)CONC(=O)C(C)(C)c2ccccc2)c(Cl)c1. The summed E-state index contributed by atoms with van der Waals surface area (Å²) in [5, 5.41) is 3.08. The molecule has 0 aliphatic carbocycles. The Morgan fingerprint density at radius 3 is 2.44 bits per heavy atom. The van der Waals surface area contributed by atoms with E-state index in [0.29, 0.717) is 10.7 Å². The molecule has 0 spiro atoms. The van der Waals surface area contributed by atoms with Crippen molar-refractivity contribution >= 4 is 29.1 Å². The highest BCUT2D eigenvalue weighted by Crippen LogP contribution is 2.23. The Morgan fingerprint density at radius 2 is 1.80 bits per heavy atom. The number of hydroxylamine groups is 1. The number of amides is 2. The van der Waals surface area contributed by atoms with Gasteiger partial charge in [0.2, 0.25) is 0 Å². The molecule has 5 nitrogen and oxygen atoms in total. The quantitative estimate of drug-likeness (QED) is 0.773. The van der Waals surface area contributed by atoms with Crippen molar-refractivity contribution in [2.45, 2.75) is 26.2 Å². The fourth-order valence-electron chi connectivity index (χ4n) is 2.19. The third kappa shape index (κ3) is 5.05. The number of nitrogens with one attached hydrogen (secondary N) is 2. The van der Waals surface area contributed by atoms with Crippen molar-refractivity contribution in [2.24, 2.45) is 0 Å². The van der Waals surface area contributed by atoms with E-state index in [9.17, 15) is 9.59 Å². The van der Waals surface area contributed by atoms with Crippen LogP contribution >= 0.6 is 11.6 Å². The van der Waals surface area contributed by atoms with E-state index < -0.39 is 11.3 Å². The molecule has 0 radical (unpaired) electrons. The molecule has 0 saturated carbocycles. The van der Waals surface area contributed by atoms with Crippen molar-refractivity contribution in [2.75, 3.05) is 11.9 Å². The Labute approximate surface area is 152 Å². The molecule has 0 aliphatic rings. The van der Waals surface area contributed by atoms with Gasteiger partial charge < -0.3 is 5.32 Å². The van der Waals surface area contributed by atoms with Gasteiger partial charge in [0.15, 0.2) is 6.61 Å². The van der Waals surface area contributed by atoms with Crippen molar-refractivity contribution in [3.05, 3.63) is 64.7 Å². The number of benzene rings is 2. The van der Waals surface area contributed by atoms with Crippen molar-refractivity contribution in [1.82, 2.24) is 5.48 Å². The summed E-state index contributed by atoms with van der Waals surface area (Å²) in [5.41, 5.74) is 3.90. The number of halogens is 1. The Kier molecular flexibility index (Phi) is 6.17. The van der Waals surface area contributed by atoms with E-state index in [-0.39, 0.29) is 12.5 Å². The molecule has 0 fully saturated rings. The number of anilines is 1. The highest BCUT2D eigenvalue weighted by Gasteiger charge is 2.29. The maximum absolute atomic E-state index is 12.3. The third-order valence-electron chi connectivity index (χ3n) is 3.83. The lowest BCUT2D eigenvalue weighted by atomic mass is 9.84. The second-order valence-corrected chi connectivity index (χ2v) is 6.65. The summed E-state index contributed by atoms with van der Waals surface area (Å²) in [4.78, 5) is 29.3. The first-order valence-electron chi connectivity index (χ1n) is 7.84. The Bertz CT molecular complexity index is 761. The smallest absolute Gasteiger partial charge is 0.253 e. The second kappa shape index (κ2) is 8.14. The molecule has 6 heteroatoms. The topological polar surface area (TPSA) is 67.4 Å². The normalized spacial score (nSPS) is 11.0. The highest BCUT2D eigenvalue weighted by atomic mass is 35.5.